The summed E-state index contributed by atoms with van der Waals surface area (Å²) >= 11 is 9.26. The van der Waals surface area contributed by atoms with Crippen LogP contribution in [-0.2, 0) is 19.1 Å². The number of carboxylic acids is 1. The molecule has 1 aromatic carbocycles. The Balaban J connectivity index is 2.60. The molecule has 24 heavy (non-hydrogen) atoms. The van der Waals surface area contributed by atoms with E-state index >= 15 is 0 Å². The molecule has 0 saturated carbocycles. The number of nitrogens with zero attached hydrogens (tertiary/aromatic N) is 1. The molecule has 128 valence electrons. The predicted molar refractivity (Wildman–Crippen MR) is 91.0 cm³/mol. The maximum absolute atomic E-state index is 12.4. The summed E-state index contributed by atoms with van der Waals surface area (Å²) < 4.78 is 4.86. The second-order valence-corrected chi connectivity index (χ2v) is 6.17. The zero-order chi connectivity index (χ0) is 17.9. The summed E-state index contributed by atoms with van der Waals surface area (Å²) in [6, 6.07) is 6.88. The molecule has 2 rings (SSSR count). The number of rotatable bonds is 5. The first-order valence-electron chi connectivity index (χ1n) is 7.04. The summed E-state index contributed by atoms with van der Waals surface area (Å²) in [6.07, 6.45) is -0.0332. The number of alkyl halides is 1. The first-order chi connectivity index (χ1) is 11.4. The van der Waals surface area contributed by atoms with E-state index < -0.39 is 24.4 Å². The van der Waals surface area contributed by atoms with Crippen molar-refractivity contribution >= 4 is 45.4 Å². The minimum atomic E-state index is -1.16. The Morgan fingerprint density at radius 2 is 2.17 bits per heavy atom. The average molecular weight is 417 g/mol. The highest BCUT2D eigenvalue weighted by molar-refractivity contribution is 9.09. The molecule has 1 amide bonds. The number of benzene rings is 1. The Morgan fingerprint density at radius 1 is 1.46 bits per heavy atom. The number of amides is 1. The van der Waals surface area contributed by atoms with E-state index in [-0.39, 0.29) is 23.2 Å². The van der Waals surface area contributed by atoms with Crippen LogP contribution >= 0.6 is 27.5 Å². The van der Waals surface area contributed by atoms with Crippen molar-refractivity contribution in [3.05, 3.63) is 46.1 Å². The summed E-state index contributed by atoms with van der Waals surface area (Å²) in [5.74, 6) is -2.67. The average Bonchev–Trinajstić information content (AvgIpc) is 2.55. The van der Waals surface area contributed by atoms with E-state index in [1.54, 1.807) is 24.3 Å². The molecule has 1 N–H and O–H groups in total. The second-order valence-electron chi connectivity index (χ2n) is 5.17. The lowest BCUT2D eigenvalue weighted by atomic mass is 9.83. The third-order valence-corrected chi connectivity index (χ3v) is 4.51. The number of carboxylic acid groups (broad SMARTS) is 1. The van der Waals surface area contributed by atoms with Crippen LogP contribution in [0.15, 0.2) is 35.5 Å². The lowest BCUT2D eigenvalue weighted by Crippen LogP contribution is -2.42. The van der Waals surface area contributed by atoms with Gasteiger partial charge in [-0.1, -0.05) is 39.7 Å². The molecule has 6 nitrogen and oxygen atoms in total. The summed E-state index contributed by atoms with van der Waals surface area (Å²) in [6.45, 7) is -0.511. The van der Waals surface area contributed by atoms with Crippen LogP contribution in [0.3, 0.4) is 0 Å². The number of hydrogen-bond donors (Lipinski definition) is 1. The molecule has 1 heterocycles. The van der Waals surface area contributed by atoms with E-state index in [1.165, 1.54) is 7.11 Å². The molecule has 1 unspecified atom stereocenters. The zero-order valence-electron chi connectivity index (χ0n) is 12.8. The molecule has 0 bridgehead atoms. The van der Waals surface area contributed by atoms with Gasteiger partial charge in [0.15, 0.2) is 0 Å². The fraction of sp³-hybridized carbons (Fsp3) is 0.312. The third kappa shape index (κ3) is 3.79. The first-order valence-corrected chi connectivity index (χ1v) is 8.54. The maximum atomic E-state index is 12.4. The van der Waals surface area contributed by atoms with Crippen molar-refractivity contribution in [2.24, 2.45) is 0 Å². The number of allylic oxidation sites excluding steroid dienone is 1. The Labute approximate surface area is 152 Å². The summed E-state index contributed by atoms with van der Waals surface area (Å²) in [4.78, 5) is 36.9. The van der Waals surface area contributed by atoms with Crippen molar-refractivity contribution < 1.29 is 24.2 Å². The van der Waals surface area contributed by atoms with Gasteiger partial charge in [-0.05, 0) is 17.7 Å². The van der Waals surface area contributed by atoms with Gasteiger partial charge in [-0.15, -0.1) is 0 Å². The number of aliphatic carboxylic acids is 1. The standard InChI is InChI=1S/C16H15BrClNO5/c1-24-16(23)15-11(9-3-2-4-10(18)5-9)6-13(20)19(8-14(21)22)12(15)7-17/h2-5,11H,6-8H2,1H3,(H,21,22). The van der Waals surface area contributed by atoms with Crippen LogP contribution in [0.2, 0.25) is 5.02 Å². The van der Waals surface area contributed by atoms with Gasteiger partial charge in [0.1, 0.15) is 6.54 Å². The van der Waals surface area contributed by atoms with E-state index in [0.717, 1.165) is 4.90 Å². The van der Waals surface area contributed by atoms with Crippen LogP contribution in [0.4, 0.5) is 0 Å². The minimum Gasteiger partial charge on any atom is -0.480 e. The van der Waals surface area contributed by atoms with Crippen LogP contribution in [0, 0.1) is 0 Å². The number of methoxy groups -OCH3 is 1. The van der Waals surface area contributed by atoms with Gasteiger partial charge in [-0.25, -0.2) is 4.79 Å². The summed E-state index contributed by atoms with van der Waals surface area (Å²) in [5, 5.41) is 9.66. The van der Waals surface area contributed by atoms with Gasteiger partial charge >= 0.3 is 11.9 Å². The number of halogens is 2. The Morgan fingerprint density at radius 3 is 2.71 bits per heavy atom. The van der Waals surface area contributed by atoms with Crippen molar-refractivity contribution in [3.63, 3.8) is 0 Å². The number of ether oxygens (including phenoxy) is 1. The van der Waals surface area contributed by atoms with Crippen molar-refractivity contribution in [1.82, 2.24) is 4.90 Å². The molecule has 1 aromatic rings. The normalized spacial score (nSPS) is 17.9. The summed E-state index contributed by atoms with van der Waals surface area (Å²) in [7, 11) is 1.24. The van der Waals surface area contributed by atoms with E-state index in [9.17, 15) is 14.4 Å². The predicted octanol–water partition coefficient (Wildman–Crippen LogP) is 2.56. The second kappa shape index (κ2) is 7.81. The molecular formula is C16H15BrClNO5. The van der Waals surface area contributed by atoms with Gasteiger partial charge in [-0.2, -0.15) is 0 Å². The van der Waals surface area contributed by atoms with E-state index in [0.29, 0.717) is 16.3 Å². The van der Waals surface area contributed by atoms with Crippen LogP contribution in [0.5, 0.6) is 0 Å². The van der Waals surface area contributed by atoms with Gasteiger partial charge in [0, 0.05) is 28.4 Å². The van der Waals surface area contributed by atoms with Gasteiger partial charge in [0.2, 0.25) is 5.91 Å². The fourth-order valence-electron chi connectivity index (χ4n) is 2.72. The van der Waals surface area contributed by atoms with Crippen LogP contribution in [0.1, 0.15) is 17.9 Å². The largest absolute Gasteiger partial charge is 0.480 e. The SMILES string of the molecule is COC(=O)C1=C(CBr)N(CC(=O)O)C(=O)CC1c1cccc(Cl)c1. The van der Waals surface area contributed by atoms with E-state index in [2.05, 4.69) is 15.9 Å². The minimum absolute atomic E-state index is 0.0332. The zero-order valence-corrected chi connectivity index (χ0v) is 15.1. The van der Waals surface area contributed by atoms with Gasteiger partial charge in [0.25, 0.3) is 0 Å². The maximum Gasteiger partial charge on any atom is 0.336 e. The van der Waals surface area contributed by atoms with Crippen LogP contribution in [0.25, 0.3) is 0 Å². The number of carbonyl (C=O) groups is 3. The molecule has 0 aromatic heterocycles. The highest BCUT2D eigenvalue weighted by Gasteiger charge is 2.38. The first kappa shape index (κ1) is 18.5. The number of esters is 1. The van der Waals surface area contributed by atoms with Crippen molar-refractivity contribution in [2.75, 3.05) is 19.0 Å². The van der Waals surface area contributed by atoms with Gasteiger partial charge < -0.3 is 14.7 Å². The lowest BCUT2D eigenvalue weighted by Gasteiger charge is -2.34. The Bertz CT molecular complexity index is 718. The molecule has 0 radical (unpaired) electrons. The highest BCUT2D eigenvalue weighted by atomic mass is 79.9. The summed E-state index contributed by atoms with van der Waals surface area (Å²) in [5.41, 5.74) is 1.26. The third-order valence-electron chi connectivity index (χ3n) is 3.74. The molecule has 0 fully saturated rings. The van der Waals surface area contributed by atoms with Crippen molar-refractivity contribution in [1.29, 1.82) is 0 Å². The molecule has 0 spiro atoms. The fourth-order valence-corrected chi connectivity index (χ4v) is 3.53. The Hall–Kier alpha value is -1.86. The molecule has 0 aliphatic carbocycles. The molecule has 1 aliphatic heterocycles. The topological polar surface area (TPSA) is 83.9 Å². The molecular weight excluding hydrogens is 402 g/mol. The smallest absolute Gasteiger partial charge is 0.336 e. The quantitative estimate of drug-likeness (QED) is 0.589. The van der Waals surface area contributed by atoms with Gasteiger partial charge in [-0.3, -0.25) is 9.59 Å². The number of hydrogen-bond acceptors (Lipinski definition) is 4. The van der Waals surface area contributed by atoms with Crippen LogP contribution in [-0.4, -0.2) is 46.8 Å². The van der Waals surface area contributed by atoms with Crippen LogP contribution < -0.4 is 0 Å². The highest BCUT2D eigenvalue weighted by Crippen LogP contribution is 2.38. The van der Waals surface area contributed by atoms with Gasteiger partial charge in [0.05, 0.1) is 12.7 Å². The lowest BCUT2D eigenvalue weighted by molar-refractivity contribution is -0.144. The number of carbonyl (C=O) groups excluding carboxylic acids is 2. The monoisotopic (exact) mass is 415 g/mol. The molecule has 0 saturated heterocycles. The van der Waals surface area contributed by atoms with E-state index in [4.69, 9.17) is 21.4 Å². The van der Waals surface area contributed by atoms with E-state index in [1.807, 2.05) is 0 Å². The van der Waals surface area contributed by atoms with Crippen molar-refractivity contribution in [3.8, 4) is 0 Å². The molecule has 1 aliphatic rings. The Kier molecular flexibility index (Phi) is 6.01. The molecule has 8 heteroatoms. The van der Waals surface area contributed by atoms with Crippen molar-refractivity contribution in [2.45, 2.75) is 12.3 Å². The molecule has 1 atom stereocenters.